The van der Waals surface area contributed by atoms with Gasteiger partial charge in [-0.3, -0.25) is 0 Å². The maximum absolute atomic E-state index is 5.99. The van der Waals surface area contributed by atoms with Crippen LogP contribution in [0.4, 0.5) is 0 Å². The molecule has 62 valence electrons. The summed E-state index contributed by atoms with van der Waals surface area (Å²) in [6, 6.07) is 3.90. The van der Waals surface area contributed by atoms with E-state index in [-0.39, 0.29) is 0 Å². The van der Waals surface area contributed by atoms with Gasteiger partial charge in [-0.25, -0.2) is 4.98 Å². The van der Waals surface area contributed by atoms with E-state index in [0.29, 0.717) is 5.02 Å². The minimum absolute atomic E-state index is 0.712. The van der Waals surface area contributed by atoms with E-state index in [1.807, 2.05) is 19.1 Å². The summed E-state index contributed by atoms with van der Waals surface area (Å²) in [5, 5.41) is 1.76. The summed E-state index contributed by atoms with van der Waals surface area (Å²) in [4.78, 5) is 4.32. The topological polar surface area (TPSA) is 12.9 Å². The highest BCUT2D eigenvalue weighted by molar-refractivity contribution is 9.10. The first kappa shape index (κ1) is 8.48. The normalized spacial score (nSPS) is 10.9. The van der Waals surface area contributed by atoms with Gasteiger partial charge in [0.15, 0.2) is 0 Å². The third-order valence-electron chi connectivity index (χ3n) is 1.52. The summed E-state index contributed by atoms with van der Waals surface area (Å²) in [5.41, 5.74) is 0.905. The molecule has 0 aliphatic heterocycles. The first-order chi connectivity index (χ1) is 5.66. The van der Waals surface area contributed by atoms with Crippen LogP contribution in [0.25, 0.3) is 10.2 Å². The Morgan fingerprint density at radius 3 is 3.00 bits per heavy atom. The van der Waals surface area contributed by atoms with Crippen LogP contribution in [0.3, 0.4) is 0 Å². The van der Waals surface area contributed by atoms with Crippen LogP contribution < -0.4 is 0 Å². The van der Waals surface area contributed by atoms with Crippen LogP contribution in [-0.4, -0.2) is 4.98 Å². The van der Waals surface area contributed by atoms with Crippen molar-refractivity contribution in [2.24, 2.45) is 0 Å². The van der Waals surface area contributed by atoms with Crippen molar-refractivity contribution in [2.75, 3.05) is 0 Å². The molecule has 0 spiro atoms. The fraction of sp³-hybridized carbons (Fsp3) is 0.125. The fourth-order valence-corrected chi connectivity index (χ4v) is 3.02. The van der Waals surface area contributed by atoms with Crippen molar-refractivity contribution in [3.63, 3.8) is 0 Å². The molecular formula is C8H5BrClNS. The number of benzene rings is 1. The maximum Gasteiger partial charge on any atom is 0.100 e. The van der Waals surface area contributed by atoms with Gasteiger partial charge in [-0.1, -0.05) is 27.5 Å². The van der Waals surface area contributed by atoms with E-state index in [1.54, 1.807) is 11.3 Å². The Morgan fingerprint density at radius 2 is 2.25 bits per heavy atom. The lowest BCUT2D eigenvalue weighted by atomic mass is 10.3. The molecule has 0 atom stereocenters. The summed E-state index contributed by atoms with van der Waals surface area (Å²) in [5.74, 6) is 0. The molecule has 1 aromatic carbocycles. The summed E-state index contributed by atoms with van der Waals surface area (Å²) >= 11 is 11.0. The van der Waals surface area contributed by atoms with E-state index in [4.69, 9.17) is 11.6 Å². The molecule has 1 heterocycles. The van der Waals surface area contributed by atoms with E-state index in [0.717, 1.165) is 19.7 Å². The average Bonchev–Trinajstić information content (AvgIpc) is 2.29. The zero-order valence-electron chi connectivity index (χ0n) is 6.27. The molecule has 0 saturated heterocycles. The SMILES string of the molecule is Cc1nc2c(Cl)cc(Br)cc2s1. The molecule has 0 saturated carbocycles. The third kappa shape index (κ3) is 1.37. The van der Waals surface area contributed by atoms with Crippen molar-refractivity contribution in [3.8, 4) is 0 Å². The molecule has 0 fully saturated rings. The number of aryl methyl sites for hydroxylation is 1. The van der Waals surface area contributed by atoms with Crippen LogP contribution in [0, 0.1) is 6.92 Å². The van der Waals surface area contributed by atoms with E-state index in [2.05, 4.69) is 20.9 Å². The molecule has 0 aliphatic carbocycles. The third-order valence-corrected chi connectivity index (χ3v) is 3.18. The first-order valence-corrected chi connectivity index (χ1v) is 5.38. The number of hydrogen-bond acceptors (Lipinski definition) is 2. The first-order valence-electron chi connectivity index (χ1n) is 3.39. The van der Waals surface area contributed by atoms with Gasteiger partial charge >= 0.3 is 0 Å². The average molecular weight is 263 g/mol. The lowest BCUT2D eigenvalue weighted by Crippen LogP contribution is -1.71. The van der Waals surface area contributed by atoms with Crippen molar-refractivity contribution in [3.05, 3.63) is 26.6 Å². The van der Waals surface area contributed by atoms with Crippen LogP contribution in [-0.2, 0) is 0 Å². The van der Waals surface area contributed by atoms with Crippen LogP contribution in [0.5, 0.6) is 0 Å². The molecule has 0 amide bonds. The Labute approximate surface area is 87.5 Å². The summed E-state index contributed by atoms with van der Waals surface area (Å²) in [7, 11) is 0. The molecule has 0 bridgehead atoms. The second kappa shape index (κ2) is 2.98. The van der Waals surface area contributed by atoms with Gasteiger partial charge in [0.1, 0.15) is 5.52 Å². The van der Waals surface area contributed by atoms with Gasteiger partial charge in [0.2, 0.25) is 0 Å². The molecule has 1 nitrogen and oxygen atoms in total. The van der Waals surface area contributed by atoms with Crippen LogP contribution >= 0.6 is 38.9 Å². The number of fused-ring (bicyclic) bond motifs is 1. The lowest BCUT2D eigenvalue weighted by molar-refractivity contribution is 1.35. The Kier molecular flexibility index (Phi) is 2.10. The Hall–Kier alpha value is -0.120. The molecule has 0 unspecified atom stereocenters. The molecule has 12 heavy (non-hydrogen) atoms. The second-order valence-corrected chi connectivity index (χ2v) is 5.02. The van der Waals surface area contributed by atoms with Crippen LogP contribution in [0.15, 0.2) is 16.6 Å². The van der Waals surface area contributed by atoms with E-state index in [1.165, 1.54) is 0 Å². The number of halogens is 2. The minimum Gasteiger partial charge on any atom is -0.240 e. The number of nitrogens with zero attached hydrogens (tertiary/aromatic N) is 1. The van der Waals surface area contributed by atoms with Gasteiger partial charge in [0.25, 0.3) is 0 Å². The van der Waals surface area contributed by atoms with E-state index >= 15 is 0 Å². The largest absolute Gasteiger partial charge is 0.240 e. The van der Waals surface area contributed by atoms with Crippen molar-refractivity contribution >= 4 is 49.1 Å². The Balaban J connectivity index is 2.88. The lowest BCUT2D eigenvalue weighted by Gasteiger charge is -1.92. The Morgan fingerprint density at radius 1 is 1.50 bits per heavy atom. The summed E-state index contributed by atoms with van der Waals surface area (Å²) < 4.78 is 2.13. The van der Waals surface area contributed by atoms with Gasteiger partial charge in [-0.05, 0) is 19.1 Å². The smallest absolute Gasteiger partial charge is 0.100 e. The number of hydrogen-bond donors (Lipinski definition) is 0. The van der Waals surface area contributed by atoms with Gasteiger partial charge in [-0.2, -0.15) is 0 Å². The van der Waals surface area contributed by atoms with Crippen LogP contribution in [0.2, 0.25) is 5.02 Å². The summed E-state index contributed by atoms with van der Waals surface area (Å²) in [6.07, 6.45) is 0. The number of aromatic nitrogens is 1. The molecule has 2 rings (SSSR count). The van der Waals surface area contributed by atoms with E-state index in [9.17, 15) is 0 Å². The van der Waals surface area contributed by atoms with Crippen molar-refractivity contribution in [1.29, 1.82) is 0 Å². The van der Waals surface area contributed by atoms with Crippen molar-refractivity contribution in [2.45, 2.75) is 6.92 Å². The van der Waals surface area contributed by atoms with E-state index < -0.39 is 0 Å². The quantitative estimate of drug-likeness (QED) is 0.699. The highest BCUT2D eigenvalue weighted by Gasteiger charge is 2.05. The van der Waals surface area contributed by atoms with Crippen molar-refractivity contribution < 1.29 is 0 Å². The number of rotatable bonds is 0. The highest BCUT2D eigenvalue weighted by Crippen LogP contribution is 2.31. The fourth-order valence-electron chi connectivity index (χ4n) is 1.07. The number of thiazole rings is 1. The zero-order chi connectivity index (χ0) is 8.72. The molecular weight excluding hydrogens is 258 g/mol. The highest BCUT2D eigenvalue weighted by atomic mass is 79.9. The monoisotopic (exact) mass is 261 g/mol. The predicted molar refractivity (Wildman–Crippen MR) is 57.1 cm³/mol. The molecule has 0 aliphatic rings. The van der Waals surface area contributed by atoms with Gasteiger partial charge < -0.3 is 0 Å². The molecule has 4 heteroatoms. The van der Waals surface area contributed by atoms with Crippen LogP contribution in [0.1, 0.15) is 5.01 Å². The molecule has 2 aromatic rings. The van der Waals surface area contributed by atoms with Gasteiger partial charge in [-0.15, -0.1) is 11.3 Å². The van der Waals surface area contributed by atoms with Crippen molar-refractivity contribution in [1.82, 2.24) is 4.98 Å². The van der Waals surface area contributed by atoms with Gasteiger partial charge in [0, 0.05) is 4.47 Å². The summed E-state index contributed by atoms with van der Waals surface area (Å²) in [6.45, 7) is 1.98. The Bertz CT molecular complexity index is 438. The zero-order valence-corrected chi connectivity index (χ0v) is 9.42. The predicted octanol–water partition coefficient (Wildman–Crippen LogP) is 4.02. The minimum atomic E-state index is 0.712. The molecule has 0 N–H and O–H groups in total. The molecule has 0 radical (unpaired) electrons. The molecule has 1 aromatic heterocycles. The second-order valence-electron chi connectivity index (χ2n) is 2.47. The standard InChI is InChI=1S/C8H5BrClNS/c1-4-11-8-6(10)2-5(9)3-7(8)12-4/h2-3H,1H3. The maximum atomic E-state index is 5.99. The van der Waals surface area contributed by atoms with Gasteiger partial charge in [0.05, 0.1) is 14.7 Å².